The van der Waals surface area contributed by atoms with Crippen molar-refractivity contribution in [2.45, 2.75) is 13.0 Å². The number of benzene rings is 1. The molecule has 0 aliphatic heterocycles. The molecule has 0 aliphatic carbocycles. The van der Waals surface area contributed by atoms with Gasteiger partial charge in [-0.3, -0.25) is 9.59 Å². The van der Waals surface area contributed by atoms with Crippen molar-refractivity contribution in [3.8, 4) is 0 Å². The van der Waals surface area contributed by atoms with Gasteiger partial charge in [0, 0.05) is 3.57 Å². The van der Waals surface area contributed by atoms with E-state index in [4.69, 9.17) is 5.11 Å². The smallest absolute Gasteiger partial charge is 0.325 e. The van der Waals surface area contributed by atoms with E-state index in [1.807, 2.05) is 22.6 Å². The molecule has 0 saturated carbocycles. The normalized spacial score (nSPS) is 11.9. The molecule has 0 bridgehead atoms. The predicted molar refractivity (Wildman–Crippen MR) is 63.7 cm³/mol. The number of carboxylic acids is 1. The molecule has 0 aliphatic rings. The quantitative estimate of drug-likeness (QED) is 0.824. The Balaban J connectivity index is 2.85. The summed E-state index contributed by atoms with van der Waals surface area (Å²) in [4.78, 5) is 22.1. The summed E-state index contributed by atoms with van der Waals surface area (Å²) in [6.45, 7) is 1.36. The van der Waals surface area contributed by atoms with Crippen molar-refractivity contribution in [3.63, 3.8) is 0 Å². The van der Waals surface area contributed by atoms with E-state index in [0.29, 0.717) is 3.57 Å². The van der Waals surface area contributed by atoms with E-state index in [9.17, 15) is 14.0 Å². The zero-order valence-electron chi connectivity index (χ0n) is 8.33. The summed E-state index contributed by atoms with van der Waals surface area (Å²) in [5.74, 6) is -2.09. The van der Waals surface area contributed by atoms with E-state index < -0.39 is 23.7 Å². The van der Waals surface area contributed by atoms with E-state index in [-0.39, 0.29) is 5.56 Å². The average Bonchev–Trinajstić information content (AvgIpc) is 2.16. The van der Waals surface area contributed by atoms with Gasteiger partial charge in [-0.25, -0.2) is 4.39 Å². The number of aliphatic carboxylic acids is 1. The molecule has 0 spiro atoms. The second-order valence-corrected chi connectivity index (χ2v) is 4.32. The molecule has 1 aromatic carbocycles. The van der Waals surface area contributed by atoms with Crippen LogP contribution in [-0.4, -0.2) is 23.0 Å². The van der Waals surface area contributed by atoms with E-state index in [0.717, 1.165) is 6.07 Å². The third-order valence-corrected chi connectivity index (χ3v) is 2.79. The third-order valence-electron chi connectivity index (χ3n) is 1.89. The highest BCUT2D eigenvalue weighted by molar-refractivity contribution is 14.1. The van der Waals surface area contributed by atoms with Gasteiger partial charge in [-0.1, -0.05) is 0 Å². The maximum atomic E-state index is 12.8. The van der Waals surface area contributed by atoms with Gasteiger partial charge in [-0.05, 0) is 47.7 Å². The van der Waals surface area contributed by atoms with Crippen LogP contribution in [0.2, 0.25) is 0 Å². The van der Waals surface area contributed by atoms with Gasteiger partial charge in [0.2, 0.25) is 0 Å². The number of carbonyl (C=O) groups is 2. The molecular formula is C10H9FINO3. The standard InChI is InChI=1S/C10H9FINO3/c1-5(10(15)16)13-9(14)7-3-2-6(11)4-8(7)12/h2-5H,1H3,(H,13,14)(H,15,16). The molecule has 0 radical (unpaired) electrons. The highest BCUT2D eigenvalue weighted by Gasteiger charge is 2.17. The number of carboxylic acid groups (broad SMARTS) is 1. The number of amides is 1. The maximum absolute atomic E-state index is 12.8. The van der Waals surface area contributed by atoms with Crippen molar-refractivity contribution in [1.82, 2.24) is 5.32 Å². The molecule has 1 aromatic rings. The van der Waals surface area contributed by atoms with Crippen molar-refractivity contribution < 1.29 is 19.1 Å². The zero-order valence-corrected chi connectivity index (χ0v) is 10.5. The molecule has 6 heteroatoms. The maximum Gasteiger partial charge on any atom is 0.325 e. The first-order chi connectivity index (χ1) is 7.41. The summed E-state index contributed by atoms with van der Waals surface area (Å²) in [6.07, 6.45) is 0. The minimum atomic E-state index is -1.12. The van der Waals surface area contributed by atoms with Gasteiger partial charge in [-0.2, -0.15) is 0 Å². The number of hydrogen-bond donors (Lipinski definition) is 2. The van der Waals surface area contributed by atoms with Crippen LogP contribution in [0.15, 0.2) is 18.2 Å². The van der Waals surface area contributed by atoms with Crippen molar-refractivity contribution in [1.29, 1.82) is 0 Å². The third kappa shape index (κ3) is 3.16. The lowest BCUT2D eigenvalue weighted by Crippen LogP contribution is -2.38. The number of rotatable bonds is 3. The molecule has 1 rings (SSSR count). The number of nitrogens with one attached hydrogen (secondary N) is 1. The number of carbonyl (C=O) groups excluding carboxylic acids is 1. The summed E-state index contributed by atoms with van der Waals surface area (Å²) in [5.41, 5.74) is 0.259. The molecule has 16 heavy (non-hydrogen) atoms. The van der Waals surface area contributed by atoms with E-state index >= 15 is 0 Å². The van der Waals surface area contributed by atoms with Crippen LogP contribution in [0.4, 0.5) is 4.39 Å². The molecule has 1 unspecified atom stereocenters. The van der Waals surface area contributed by atoms with Crippen LogP contribution in [0, 0.1) is 9.39 Å². The first-order valence-corrected chi connectivity index (χ1v) is 5.48. The van der Waals surface area contributed by atoms with Crippen LogP contribution in [0.25, 0.3) is 0 Å². The fraction of sp³-hybridized carbons (Fsp3) is 0.200. The van der Waals surface area contributed by atoms with Crippen LogP contribution in [-0.2, 0) is 4.79 Å². The van der Waals surface area contributed by atoms with Gasteiger partial charge in [0.1, 0.15) is 11.9 Å². The Hall–Kier alpha value is -1.18. The van der Waals surface area contributed by atoms with E-state index in [1.165, 1.54) is 19.1 Å². The molecule has 0 saturated heterocycles. The summed E-state index contributed by atoms with van der Waals surface area (Å²) in [6, 6.07) is 2.71. The van der Waals surface area contributed by atoms with E-state index in [1.54, 1.807) is 0 Å². The molecule has 0 aromatic heterocycles. The highest BCUT2D eigenvalue weighted by atomic mass is 127. The van der Waals surface area contributed by atoms with Crippen molar-refractivity contribution in [3.05, 3.63) is 33.1 Å². The number of hydrogen-bond acceptors (Lipinski definition) is 2. The van der Waals surface area contributed by atoms with Crippen LogP contribution in [0.1, 0.15) is 17.3 Å². The highest BCUT2D eigenvalue weighted by Crippen LogP contribution is 2.13. The molecule has 1 atom stereocenters. The monoisotopic (exact) mass is 337 g/mol. The van der Waals surface area contributed by atoms with Crippen LogP contribution >= 0.6 is 22.6 Å². The van der Waals surface area contributed by atoms with Crippen LogP contribution < -0.4 is 5.32 Å². The Labute approximate surface area is 105 Å². The Kier molecular flexibility index (Phi) is 4.22. The lowest BCUT2D eigenvalue weighted by Gasteiger charge is -2.10. The Morgan fingerprint density at radius 3 is 2.62 bits per heavy atom. The molecule has 86 valence electrons. The first kappa shape index (κ1) is 12.9. The molecule has 0 heterocycles. The molecule has 0 fully saturated rings. The van der Waals surface area contributed by atoms with Gasteiger partial charge >= 0.3 is 5.97 Å². The second kappa shape index (κ2) is 5.24. The van der Waals surface area contributed by atoms with Gasteiger partial charge in [-0.15, -0.1) is 0 Å². The van der Waals surface area contributed by atoms with Crippen molar-refractivity contribution in [2.75, 3.05) is 0 Å². The van der Waals surface area contributed by atoms with Gasteiger partial charge in [0.05, 0.1) is 5.56 Å². The Morgan fingerprint density at radius 1 is 1.50 bits per heavy atom. The lowest BCUT2D eigenvalue weighted by atomic mass is 10.2. The number of halogens is 2. The Bertz CT molecular complexity index is 436. The van der Waals surface area contributed by atoms with Crippen LogP contribution in [0.3, 0.4) is 0 Å². The molecular weight excluding hydrogens is 328 g/mol. The average molecular weight is 337 g/mol. The van der Waals surface area contributed by atoms with Gasteiger partial charge < -0.3 is 10.4 Å². The second-order valence-electron chi connectivity index (χ2n) is 3.16. The Morgan fingerprint density at radius 2 is 2.12 bits per heavy atom. The zero-order chi connectivity index (χ0) is 12.3. The minimum Gasteiger partial charge on any atom is -0.480 e. The summed E-state index contributed by atoms with van der Waals surface area (Å²) >= 11 is 1.82. The largest absolute Gasteiger partial charge is 0.480 e. The topological polar surface area (TPSA) is 66.4 Å². The molecule has 1 amide bonds. The summed E-state index contributed by atoms with van der Waals surface area (Å²) < 4.78 is 13.2. The van der Waals surface area contributed by atoms with Gasteiger partial charge in [0.25, 0.3) is 5.91 Å². The van der Waals surface area contributed by atoms with Crippen molar-refractivity contribution >= 4 is 34.5 Å². The SMILES string of the molecule is CC(NC(=O)c1ccc(F)cc1I)C(=O)O. The lowest BCUT2D eigenvalue weighted by molar-refractivity contribution is -0.138. The minimum absolute atomic E-state index is 0.259. The van der Waals surface area contributed by atoms with E-state index in [2.05, 4.69) is 5.32 Å². The van der Waals surface area contributed by atoms with Crippen molar-refractivity contribution in [2.24, 2.45) is 0 Å². The van der Waals surface area contributed by atoms with Crippen LogP contribution in [0.5, 0.6) is 0 Å². The molecule has 2 N–H and O–H groups in total. The van der Waals surface area contributed by atoms with Gasteiger partial charge in [0.15, 0.2) is 0 Å². The predicted octanol–water partition coefficient (Wildman–Crippen LogP) is 1.63. The first-order valence-electron chi connectivity index (χ1n) is 4.40. The summed E-state index contributed by atoms with van der Waals surface area (Å²) in [5, 5.41) is 10.9. The fourth-order valence-electron chi connectivity index (χ4n) is 1.01. The molecule has 4 nitrogen and oxygen atoms in total. The summed E-state index contributed by atoms with van der Waals surface area (Å²) in [7, 11) is 0. The fourth-order valence-corrected chi connectivity index (χ4v) is 1.73.